The number of carbonyl (C=O) groups is 1. The second-order valence-electron chi connectivity index (χ2n) is 5.90. The molecule has 1 atom stereocenters. The summed E-state index contributed by atoms with van der Waals surface area (Å²) in [5, 5.41) is 10.3. The number of carbonyl (C=O) groups excluding carboxylic acids is 1. The molecule has 1 unspecified atom stereocenters. The van der Waals surface area contributed by atoms with E-state index in [1.54, 1.807) is 17.9 Å². The SMILES string of the molecule is CNC(C(=O)NCC1(C(C)C)CC1)c1cnn(C)c1. The first-order valence-corrected chi connectivity index (χ1v) is 6.92. The Hall–Kier alpha value is -1.36. The van der Waals surface area contributed by atoms with Crippen molar-refractivity contribution in [1.82, 2.24) is 20.4 Å². The molecule has 2 rings (SSSR count). The average Bonchev–Trinajstić information content (AvgIpc) is 3.06. The van der Waals surface area contributed by atoms with Gasteiger partial charge in [0.15, 0.2) is 0 Å². The Bertz CT molecular complexity index is 448. The molecule has 5 nitrogen and oxygen atoms in total. The van der Waals surface area contributed by atoms with Crippen LogP contribution in [0.3, 0.4) is 0 Å². The molecule has 0 bridgehead atoms. The van der Waals surface area contributed by atoms with Crippen LogP contribution in [-0.4, -0.2) is 29.3 Å². The minimum atomic E-state index is -0.323. The van der Waals surface area contributed by atoms with Gasteiger partial charge in [-0.1, -0.05) is 13.8 Å². The molecule has 1 aliphatic rings. The molecule has 5 heteroatoms. The highest BCUT2D eigenvalue weighted by Gasteiger charge is 2.45. The topological polar surface area (TPSA) is 59.0 Å². The van der Waals surface area contributed by atoms with Crippen molar-refractivity contribution in [2.75, 3.05) is 13.6 Å². The lowest BCUT2D eigenvalue weighted by atomic mass is 9.92. The zero-order valence-electron chi connectivity index (χ0n) is 12.2. The fourth-order valence-electron chi connectivity index (χ4n) is 2.52. The average molecular weight is 264 g/mol. The van der Waals surface area contributed by atoms with Crippen molar-refractivity contribution >= 4 is 5.91 Å². The highest BCUT2D eigenvalue weighted by atomic mass is 16.2. The maximum atomic E-state index is 12.3. The van der Waals surface area contributed by atoms with Gasteiger partial charge in [0.1, 0.15) is 6.04 Å². The minimum absolute atomic E-state index is 0.0300. The molecule has 1 heterocycles. The second-order valence-corrected chi connectivity index (χ2v) is 5.90. The molecule has 106 valence electrons. The summed E-state index contributed by atoms with van der Waals surface area (Å²) in [7, 11) is 3.65. The monoisotopic (exact) mass is 264 g/mol. The van der Waals surface area contributed by atoms with Crippen molar-refractivity contribution in [2.24, 2.45) is 18.4 Å². The van der Waals surface area contributed by atoms with Gasteiger partial charge in [0.05, 0.1) is 6.20 Å². The molecule has 1 fully saturated rings. The van der Waals surface area contributed by atoms with Crippen molar-refractivity contribution in [3.63, 3.8) is 0 Å². The van der Waals surface area contributed by atoms with Crippen LogP contribution in [0.25, 0.3) is 0 Å². The lowest BCUT2D eigenvalue weighted by Crippen LogP contribution is -2.39. The Morgan fingerprint density at radius 1 is 1.53 bits per heavy atom. The summed E-state index contributed by atoms with van der Waals surface area (Å²) in [5.41, 5.74) is 1.24. The summed E-state index contributed by atoms with van der Waals surface area (Å²) in [6.07, 6.45) is 6.05. The van der Waals surface area contributed by atoms with E-state index in [9.17, 15) is 4.79 Å². The van der Waals surface area contributed by atoms with E-state index in [1.807, 2.05) is 13.2 Å². The van der Waals surface area contributed by atoms with Crippen LogP contribution >= 0.6 is 0 Å². The van der Waals surface area contributed by atoms with Gasteiger partial charge >= 0.3 is 0 Å². The third kappa shape index (κ3) is 2.97. The van der Waals surface area contributed by atoms with Gasteiger partial charge in [0.2, 0.25) is 5.91 Å². The van der Waals surface area contributed by atoms with E-state index in [4.69, 9.17) is 0 Å². The van der Waals surface area contributed by atoms with E-state index in [1.165, 1.54) is 12.8 Å². The van der Waals surface area contributed by atoms with Crippen LogP contribution in [0.1, 0.15) is 38.3 Å². The smallest absolute Gasteiger partial charge is 0.241 e. The Morgan fingerprint density at radius 3 is 2.63 bits per heavy atom. The fourth-order valence-corrected chi connectivity index (χ4v) is 2.52. The number of nitrogens with zero attached hydrogens (tertiary/aromatic N) is 2. The fraction of sp³-hybridized carbons (Fsp3) is 0.714. The van der Waals surface area contributed by atoms with Crippen LogP contribution in [-0.2, 0) is 11.8 Å². The second kappa shape index (κ2) is 5.33. The van der Waals surface area contributed by atoms with E-state index >= 15 is 0 Å². The number of rotatable bonds is 6. The van der Waals surface area contributed by atoms with Gasteiger partial charge in [-0.25, -0.2) is 0 Å². The molecule has 0 aromatic carbocycles. The predicted molar refractivity (Wildman–Crippen MR) is 74.5 cm³/mol. The molecule has 0 radical (unpaired) electrons. The molecule has 1 aromatic rings. The van der Waals surface area contributed by atoms with Gasteiger partial charge in [-0.3, -0.25) is 9.48 Å². The number of hydrogen-bond donors (Lipinski definition) is 2. The van der Waals surface area contributed by atoms with E-state index in [-0.39, 0.29) is 11.9 Å². The first-order valence-electron chi connectivity index (χ1n) is 6.92. The van der Waals surface area contributed by atoms with Crippen LogP contribution in [0, 0.1) is 11.3 Å². The van der Waals surface area contributed by atoms with E-state index < -0.39 is 0 Å². The van der Waals surface area contributed by atoms with E-state index in [0.29, 0.717) is 11.3 Å². The largest absolute Gasteiger partial charge is 0.354 e. The summed E-state index contributed by atoms with van der Waals surface area (Å²) < 4.78 is 1.71. The van der Waals surface area contributed by atoms with Crippen LogP contribution in [0.2, 0.25) is 0 Å². The molecular formula is C14H24N4O. The van der Waals surface area contributed by atoms with Crippen LogP contribution in [0.15, 0.2) is 12.4 Å². The molecule has 0 aliphatic heterocycles. The maximum absolute atomic E-state index is 12.3. The number of aromatic nitrogens is 2. The van der Waals surface area contributed by atoms with Gasteiger partial charge in [0.25, 0.3) is 0 Å². The minimum Gasteiger partial charge on any atom is -0.354 e. The third-order valence-electron chi connectivity index (χ3n) is 4.34. The third-order valence-corrected chi connectivity index (χ3v) is 4.34. The first kappa shape index (κ1) is 14.1. The zero-order chi connectivity index (χ0) is 14.0. The standard InChI is InChI=1S/C14H24N4O/c1-10(2)14(5-6-14)9-16-13(19)12(15-3)11-7-17-18(4)8-11/h7-8,10,12,15H,5-6,9H2,1-4H3,(H,16,19). The predicted octanol–water partition coefficient (Wildman–Crippen LogP) is 1.23. The van der Waals surface area contributed by atoms with Gasteiger partial charge in [-0.15, -0.1) is 0 Å². The van der Waals surface area contributed by atoms with Gasteiger partial charge in [0, 0.05) is 25.4 Å². The quantitative estimate of drug-likeness (QED) is 0.812. The van der Waals surface area contributed by atoms with Crippen molar-refractivity contribution in [3.05, 3.63) is 18.0 Å². The zero-order valence-corrected chi connectivity index (χ0v) is 12.2. The molecule has 1 aliphatic carbocycles. The number of likely N-dealkylation sites (N-methyl/N-ethyl adjacent to an activating group) is 1. The lowest BCUT2D eigenvalue weighted by molar-refractivity contribution is -0.123. The van der Waals surface area contributed by atoms with Crippen LogP contribution in [0.4, 0.5) is 0 Å². The Balaban J connectivity index is 1.95. The molecule has 19 heavy (non-hydrogen) atoms. The summed E-state index contributed by atoms with van der Waals surface area (Å²) >= 11 is 0. The molecule has 1 saturated carbocycles. The number of nitrogens with one attached hydrogen (secondary N) is 2. The number of aryl methyl sites for hydroxylation is 1. The Kier molecular flexibility index (Phi) is 3.94. The van der Waals surface area contributed by atoms with Crippen molar-refractivity contribution in [2.45, 2.75) is 32.7 Å². The van der Waals surface area contributed by atoms with Gasteiger partial charge < -0.3 is 10.6 Å². The summed E-state index contributed by atoms with van der Waals surface area (Å²) in [6, 6.07) is -0.323. The van der Waals surface area contributed by atoms with Crippen molar-refractivity contribution < 1.29 is 4.79 Å². The maximum Gasteiger partial charge on any atom is 0.241 e. The summed E-state index contributed by atoms with van der Waals surface area (Å²) in [4.78, 5) is 12.3. The van der Waals surface area contributed by atoms with Crippen LogP contribution in [0.5, 0.6) is 0 Å². The van der Waals surface area contributed by atoms with Gasteiger partial charge in [-0.05, 0) is 31.2 Å². The Morgan fingerprint density at radius 2 is 2.21 bits per heavy atom. The van der Waals surface area contributed by atoms with Crippen molar-refractivity contribution in [1.29, 1.82) is 0 Å². The lowest BCUT2D eigenvalue weighted by Gasteiger charge is -2.22. The normalized spacial score (nSPS) is 18.4. The highest BCUT2D eigenvalue weighted by molar-refractivity contribution is 5.83. The first-order chi connectivity index (χ1) is 8.98. The highest BCUT2D eigenvalue weighted by Crippen LogP contribution is 2.51. The summed E-state index contributed by atoms with van der Waals surface area (Å²) in [5.74, 6) is 0.654. The molecule has 1 amide bonds. The van der Waals surface area contributed by atoms with Crippen molar-refractivity contribution in [3.8, 4) is 0 Å². The van der Waals surface area contributed by atoms with Crippen LogP contribution < -0.4 is 10.6 Å². The molecule has 0 spiro atoms. The molecule has 1 aromatic heterocycles. The molecular weight excluding hydrogens is 240 g/mol. The van der Waals surface area contributed by atoms with E-state index in [0.717, 1.165) is 12.1 Å². The number of hydrogen-bond acceptors (Lipinski definition) is 3. The Labute approximate surface area is 114 Å². The van der Waals surface area contributed by atoms with Gasteiger partial charge in [-0.2, -0.15) is 5.10 Å². The number of amides is 1. The molecule has 0 saturated heterocycles. The van der Waals surface area contributed by atoms with E-state index in [2.05, 4.69) is 29.6 Å². The molecule has 2 N–H and O–H groups in total. The summed E-state index contributed by atoms with van der Waals surface area (Å²) in [6.45, 7) is 5.24.